The minimum Gasteiger partial charge on any atom is -0.364 e. The van der Waals surface area contributed by atoms with E-state index in [1.807, 2.05) is 13.8 Å². The molecule has 1 rings (SSSR count). The van der Waals surface area contributed by atoms with Crippen molar-refractivity contribution >= 4 is 11.8 Å². The molecule has 6 nitrogen and oxygen atoms in total. The molecule has 0 atom stereocenters. The lowest BCUT2D eigenvalue weighted by atomic mass is 10.2. The van der Waals surface area contributed by atoms with E-state index in [0.717, 1.165) is 0 Å². The molecule has 6 heteroatoms. The first-order chi connectivity index (χ1) is 7.45. The number of hydrogen-bond donors (Lipinski definition) is 2. The maximum Gasteiger partial charge on any atom is 0.269 e. The van der Waals surface area contributed by atoms with Gasteiger partial charge >= 0.3 is 0 Å². The second-order valence-corrected chi connectivity index (χ2v) is 3.84. The average molecular weight is 223 g/mol. The summed E-state index contributed by atoms with van der Waals surface area (Å²) in [6.45, 7) is 4.50. The summed E-state index contributed by atoms with van der Waals surface area (Å²) >= 11 is 0. The van der Waals surface area contributed by atoms with E-state index >= 15 is 0 Å². The molecular formula is C10H15N4O2. The highest BCUT2D eigenvalue weighted by Gasteiger charge is 2.17. The van der Waals surface area contributed by atoms with Gasteiger partial charge in [0.15, 0.2) is 5.69 Å². The van der Waals surface area contributed by atoms with E-state index in [9.17, 15) is 9.59 Å². The van der Waals surface area contributed by atoms with E-state index in [1.54, 1.807) is 0 Å². The molecule has 1 radical (unpaired) electrons. The van der Waals surface area contributed by atoms with E-state index in [1.165, 1.54) is 11.7 Å². The highest BCUT2D eigenvalue weighted by atomic mass is 16.2. The van der Waals surface area contributed by atoms with Crippen LogP contribution in [0.2, 0.25) is 0 Å². The van der Waals surface area contributed by atoms with Crippen molar-refractivity contribution in [1.29, 1.82) is 0 Å². The normalized spacial score (nSPS) is 10.5. The van der Waals surface area contributed by atoms with Gasteiger partial charge in [0.2, 0.25) is 0 Å². The number of nitrogens with two attached hydrogens (primary N) is 1. The molecule has 0 unspecified atom stereocenters. The van der Waals surface area contributed by atoms with Crippen LogP contribution in [0.15, 0.2) is 0 Å². The summed E-state index contributed by atoms with van der Waals surface area (Å²) < 4.78 is 1.45. The molecule has 87 valence electrons. The van der Waals surface area contributed by atoms with E-state index in [0.29, 0.717) is 12.5 Å². The smallest absolute Gasteiger partial charge is 0.269 e. The highest BCUT2D eigenvalue weighted by Crippen LogP contribution is 2.06. The zero-order valence-electron chi connectivity index (χ0n) is 9.57. The van der Waals surface area contributed by atoms with Crippen LogP contribution in [-0.2, 0) is 6.54 Å². The van der Waals surface area contributed by atoms with Crippen molar-refractivity contribution in [3.8, 4) is 0 Å². The Balaban J connectivity index is 3.12. The quantitative estimate of drug-likeness (QED) is 0.740. The maximum absolute atomic E-state index is 11.5. The number of rotatable bonds is 4. The topological polar surface area (TPSA) is 90.0 Å². The van der Waals surface area contributed by atoms with Crippen LogP contribution in [-0.4, -0.2) is 28.6 Å². The third-order valence-corrected chi connectivity index (χ3v) is 1.93. The average Bonchev–Trinajstić information content (AvgIpc) is 2.59. The molecule has 1 aromatic heterocycles. The fourth-order valence-corrected chi connectivity index (χ4v) is 1.25. The van der Waals surface area contributed by atoms with Gasteiger partial charge in [-0.3, -0.25) is 14.3 Å². The van der Waals surface area contributed by atoms with Gasteiger partial charge in [-0.1, -0.05) is 13.8 Å². The summed E-state index contributed by atoms with van der Waals surface area (Å²) in [6.07, 6.45) is 0. The number of carbonyl (C=O) groups is 2. The predicted octanol–water partition coefficient (Wildman–Crippen LogP) is -0.202. The minimum absolute atomic E-state index is 0.0146. The second-order valence-electron chi connectivity index (χ2n) is 3.84. The van der Waals surface area contributed by atoms with E-state index in [4.69, 9.17) is 5.73 Å². The highest BCUT2D eigenvalue weighted by molar-refractivity contribution is 5.96. The molecule has 0 aliphatic rings. The first-order valence-corrected chi connectivity index (χ1v) is 4.97. The fraction of sp³-hybridized carbons (Fsp3) is 0.500. The Hall–Kier alpha value is -1.85. The van der Waals surface area contributed by atoms with Crippen LogP contribution < -0.4 is 11.1 Å². The minimum atomic E-state index is -0.687. The van der Waals surface area contributed by atoms with Crippen LogP contribution in [0.5, 0.6) is 0 Å². The molecule has 0 aliphatic carbocycles. The van der Waals surface area contributed by atoms with Gasteiger partial charge < -0.3 is 11.1 Å². The van der Waals surface area contributed by atoms with Gasteiger partial charge in [-0.25, -0.2) is 0 Å². The predicted molar refractivity (Wildman–Crippen MR) is 57.8 cm³/mol. The van der Waals surface area contributed by atoms with E-state index in [2.05, 4.69) is 16.5 Å². The van der Waals surface area contributed by atoms with Crippen molar-refractivity contribution < 1.29 is 9.59 Å². The molecule has 0 spiro atoms. The standard InChI is InChI=1S/C10H15N4O2/c1-6(2)5-14-8(10(16)12-3)4-7(13-14)9(11)15/h6H,5H2,1-3H3,(H2,11,15)(H,12,16). The largest absolute Gasteiger partial charge is 0.364 e. The third-order valence-electron chi connectivity index (χ3n) is 1.93. The first kappa shape index (κ1) is 12.2. The summed E-state index contributed by atoms with van der Waals surface area (Å²) in [5.74, 6) is -0.717. The number of amides is 2. The SMILES string of the molecule is CNC(=O)c1[c]c(C(N)=O)nn1CC(C)C. The molecule has 0 aromatic carbocycles. The number of nitrogens with zero attached hydrogens (tertiary/aromatic N) is 2. The molecule has 3 N–H and O–H groups in total. The van der Waals surface area contributed by atoms with Crippen LogP contribution in [0.25, 0.3) is 0 Å². The molecule has 1 heterocycles. The number of primary amides is 1. The molecule has 0 saturated carbocycles. The monoisotopic (exact) mass is 223 g/mol. The lowest BCUT2D eigenvalue weighted by Crippen LogP contribution is -2.23. The Bertz CT molecular complexity index is 409. The summed E-state index contributed by atoms with van der Waals surface area (Å²) in [4.78, 5) is 22.4. The fourth-order valence-electron chi connectivity index (χ4n) is 1.25. The molecule has 2 amide bonds. The van der Waals surface area contributed by atoms with E-state index in [-0.39, 0.29) is 17.3 Å². The van der Waals surface area contributed by atoms with Crippen molar-refractivity contribution in [2.75, 3.05) is 7.05 Å². The van der Waals surface area contributed by atoms with Gasteiger partial charge in [-0.15, -0.1) is 0 Å². The Kier molecular flexibility index (Phi) is 3.65. The molecule has 0 saturated heterocycles. The third kappa shape index (κ3) is 2.59. The van der Waals surface area contributed by atoms with Gasteiger partial charge in [-0.2, -0.15) is 5.10 Å². The Morgan fingerprint density at radius 1 is 1.56 bits per heavy atom. The van der Waals surface area contributed by atoms with Crippen molar-refractivity contribution in [2.45, 2.75) is 20.4 Å². The van der Waals surface area contributed by atoms with Gasteiger partial charge in [-0.05, 0) is 5.92 Å². The van der Waals surface area contributed by atoms with Crippen molar-refractivity contribution in [3.05, 3.63) is 17.5 Å². The molecule has 16 heavy (non-hydrogen) atoms. The lowest BCUT2D eigenvalue weighted by Gasteiger charge is -2.08. The van der Waals surface area contributed by atoms with Crippen LogP contribution in [0.1, 0.15) is 34.8 Å². The van der Waals surface area contributed by atoms with Crippen LogP contribution in [0, 0.1) is 12.0 Å². The van der Waals surface area contributed by atoms with Crippen LogP contribution in [0.3, 0.4) is 0 Å². The number of aromatic nitrogens is 2. The Morgan fingerprint density at radius 2 is 2.19 bits per heavy atom. The van der Waals surface area contributed by atoms with Crippen molar-refractivity contribution in [3.63, 3.8) is 0 Å². The molecule has 0 fully saturated rings. The summed E-state index contributed by atoms with van der Waals surface area (Å²) in [5.41, 5.74) is 5.30. The van der Waals surface area contributed by atoms with Crippen LogP contribution >= 0.6 is 0 Å². The first-order valence-electron chi connectivity index (χ1n) is 4.97. The molecule has 1 aromatic rings. The van der Waals surface area contributed by atoms with Crippen molar-refractivity contribution in [1.82, 2.24) is 15.1 Å². The molecule has 0 aliphatic heterocycles. The Labute approximate surface area is 93.8 Å². The van der Waals surface area contributed by atoms with Gasteiger partial charge in [0.05, 0.1) is 6.07 Å². The molecular weight excluding hydrogens is 208 g/mol. The van der Waals surface area contributed by atoms with E-state index < -0.39 is 5.91 Å². The van der Waals surface area contributed by atoms with Crippen molar-refractivity contribution in [2.24, 2.45) is 11.7 Å². The number of hydrogen-bond acceptors (Lipinski definition) is 3. The summed E-state index contributed by atoms with van der Waals surface area (Å²) in [5, 5.41) is 6.41. The summed E-state index contributed by atoms with van der Waals surface area (Å²) in [6, 6.07) is 2.60. The van der Waals surface area contributed by atoms with Gasteiger partial charge in [0.25, 0.3) is 11.8 Å². The summed E-state index contributed by atoms with van der Waals surface area (Å²) in [7, 11) is 1.51. The second kappa shape index (κ2) is 4.78. The lowest BCUT2D eigenvalue weighted by molar-refractivity contribution is 0.0949. The number of nitrogens with one attached hydrogen (secondary N) is 1. The van der Waals surface area contributed by atoms with Crippen LogP contribution in [0.4, 0.5) is 0 Å². The zero-order valence-corrected chi connectivity index (χ0v) is 9.57. The van der Waals surface area contributed by atoms with Gasteiger partial charge in [0.1, 0.15) is 5.69 Å². The Morgan fingerprint density at radius 3 is 2.62 bits per heavy atom. The zero-order chi connectivity index (χ0) is 12.3. The molecule has 0 bridgehead atoms. The number of carbonyl (C=O) groups excluding carboxylic acids is 2. The van der Waals surface area contributed by atoms with Gasteiger partial charge in [0, 0.05) is 13.6 Å². The maximum atomic E-state index is 11.5.